The first-order valence-corrected chi connectivity index (χ1v) is 4.91. The third-order valence-corrected chi connectivity index (χ3v) is 3.23. The van der Waals surface area contributed by atoms with Gasteiger partial charge < -0.3 is 0 Å². The molecule has 0 nitrogen and oxygen atoms in total. The summed E-state index contributed by atoms with van der Waals surface area (Å²) in [6, 6.07) is 0. The highest BCUT2D eigenvalue weighted by Crippen LogP contribution is 2.39. The highest BCUT2D eigenvalue weighted by molar-refractivity contribution is 5.23. The molecule has 11 heavy (non-hydrogen) atoms. The summed E-state index contributed by atoms with van der Waals surface area (Å²) < 4.78 is 0. The van der Waals surface area contributed by atoms with Crippen molar-refractivity contribution in [3.8, 4) is 0 Å². The predicted octanol–water partition coefficient (Wildman–Crippen LogP) is 3.78. The minimum atomic E-state index is 0.856. The van der Waals surface area contributed by atoms with E-state index in [0.717, 1.165) is 11.8 Å². The summed E-state index contributed by atoms with van der Waals surface area (Å²) in [7, 11) is 0. The van der Waals surface area contributed by atoms with Gasteiger partial charge in [0.1, 0.15) is 0 Å². The third-order valence-electron chi connectivity index (χ3n) is 3.23. The van der Waals surface area contributed by atoms with E-state index in [0.29, 0.717) is 0 Å². The van der Waals surface area contributed by atoms with Crippen LogP contribution in [0.5, 0.6) is 0 Å². The molecule has 0 aromatic carbocycles. The van der Waals surface area contributed by atoms with Crippen molar-refractivity contribution in [2.75, 3.05) is 0 Å². The van der Waals surface area contributed by atoms with Crippen molar-refractivity contribution in [2.24, 2.45) is 11.8 Å². The van der Waals surface area contributed by atoms with E-state index >= 15 is 0 Å². The Morgan fingerprint density at radius 2 is 1.82 bits per heavy atom. The minimum Gasteiger partial charge on any atom is -0.0707 e. The highest BCUT2D eigenvalue weighted by Gasteiger charge is 2.25. The molecule has 1 aliphatic rings. The maximum absolute atomic E-state index is 2.38. The molecule has 0 aromatic rings. The van der Waals surface area contributed by atoms with Gasteiger partial charge in [-0.25, -0.2) is 0 Å². The second-order valence-electron chi connectivity index (χ2n) is 3.81. The van der Waals surface area contributed by atoms with Crippen LogP contribution >= 0.6 is 0 Å². The fraction of sp³-hybridized carbons (Fsp3) is 0.818. The number of allylic oxidation sites excluding steroid dienone is 2. The molecular formula is C11H20. The van der Waals surface area contributed by atoms with E-state index in [2.05, 4.69) is 27.7 Å². The molecule has 0 fully saturated rings. The molecule has 0 aliphatic heterocycles. The Morgan fingerprint density at radius 3 is 2.18 bits per heavy atom. The van der Waals surface area contributed by atoms with Crippen LogP contribution in [0.15, 0.2) is 11.1 Å². The van der Waals surface area contributed by atoms with Gasteiger partial charge >= 0.3 is 0 Å². The summed E-state index contributed by atoms with van der Waals surface area (Å²) in [5.41, 5.74) is 3.49. The lowest BCUT2D eigenvalue weighted by Gasteiger charge is -2.12. The van der Waals surface area contributed by atoms with Gasteiger partial charge in [-0.1, -0.05) is 38.8 Å². The first-order valence-electron chi connectivity index (χ1n) is 4.91. The van der Waals surface area contributed by atoms with Gasteiger partial charge in [0, 0.05) is 0 Å². The zero-order valence-electron chi connectivity index (χ0n) is 8.28. The van der Waals surface area contributed by atoms with Crippen molar-refractivity contribution in [1.29, 1.82) is 0 Å². The smallest absolute Gasteiger partial charge is 0.0200 e. The maximum atomic E-state index is 2.38. The molecule has 0 bridgehead atoms. The molecule has 2 atom stereocenters. The van der Waals surface area contributed by atoms with Crippen molar-refractivity contribution >= 4 is 0 Å². The summed E-state index contributed by atoms with van der Waals surface area (Å²) in [5, 5.41) is 0. The standard InChI is InChI=1S/C11H20/c1-5-10-7-8(3)9(4)11(10)6-2/h8-9H,5-7H2,1-4H3/t8-,9+/m1/s1. The molecule has 0 N–H and O–H groups in total. The molecule has 0 heteroatoms. The fourth-order valence-electron chi connectivity index (χ4n) is 2.31. The third kappa shape index (κ3) is 1.50. The minimum absolute atomic E-state index is 0.856. The summed E-state index contributed by atoms with van der Waals surface area (Å²) in [6.45, 7) is 9.34. The van der Waals surface area contributed by atoms with Crippen LogP contribution in [0.2, 0.25) is 0 Å². The van der Waals surface area contributed by atoms with E-state index in [-0.39, 0.29) is 0 Å². The Balaban J connectivity index is 2.77. The van der Waals surface area contributed by atoms with Crippen molar-refractivity contribution in [1.82, 2.24) is 0 Å². The van der Waals surface area contributed by atoms with Crippen LogP contribution in [0.25, 0.3) is 0 Å². The van der Waals surface area contributed by atoms with Crippen LogP contribution in [-0.4, -0.2) is 0 Å². The van der Waals surface area contributed by atoms with Crippen molar-refractivity contribution < 1.29 is 0 Å². The SMILES string of the molecule is CCC1=C(CC)[C@@H](C)[C@H](C)C1. The quantitative estimate of drug-likeness (QED) is 0.528. The van der Waals surface area contributed by atoms with Gasteiger partial charge in [-0.05, 0) is 31.1 Å². The molecule has 64 valence electrons. The van der Waals surface area contributed by atoms with E-state index in [1.807, 2.05) is 0 Å². The van der Waals surface area contributed by atoms with Crippen molar-refractivity contribution in [3.63, 3.8) is 0 Å². The first kappa shape index (κ1) is 8.83. The summed E-state index contributed by atoms with van der Waals surface area (Å²) in [5.74, 6) is 1.76. The van der Waals surface area contributed by atoms with E-state index < -0.39 is 0 Å². The Kier molecular flexibility index (Phi) is 2.75. The lowest BCUT2D eigenvalue weighted by Crippen LogP contribution is -2.01. The summed E-state index contributed by atoms with van der Waals surface area (Å²) in [4.78, 5) is 0. The maximum Gasteiger partial charge on any atom is -0.0200 e. The zero-order chi connectivity index (χ0) is 8.43. The van der Waals surface area contributed by atoms with Crippen molar-refractivity contribution in [2.45, 2.75) is 47.0 Å². The van der Waals surface area contributed by atoms with Gasteiger partial charge in [0.2, 0.25) is 0 Å². The Morgan fingerprint density at radius 1 is 1.18 bits per heavy atom. The molecule has 0 heterocycles. The largest absolute Gasteiger partial charge is 0.0707 e. The number of rotatable bonds is 2. The molecule has 0 unspecified atom stereocenters. The van der Waals surface area contributed by atoms with Crippen LogP contribution in [0.4, 0.5) is 0 Å². The molecule has 0 radical (unpaired) electrons. The van der Waals surface area contributed by atoms with Gasteiger partial charge in [-0.15, -0.1) is 0 Å². The first-order chi connectivity index (χ1) is 5.20. The number of hydrogen-bond donors (Lipinski definition) is 0. The monoisotopic (exact) mass is 152 g/mol. The highest BCUT2D eigenvalue weighted by atomic mass is 14.3. The van der Waals surface area contributed by atoms with Crippen LogP contribution in [0.1, 0.15) is 47.0 Å². The van der Waals surface area contributed by atoms with Crippen LogP contribution in [0, 0.1) is 11.8 Å². The van der Waals surface area contributed by atoms with Gasteiger partial charge in [0.25, 0.3) is 0 Å². The predicted molar refractivity (Wildman–Crippen MR) is 50.6 cm³/mol. The van der Waals surface area contributed by atoms with E-state index in [1.54, 1.807) is 11.1 Å². The lowest BCUT2D eigenvalue weighted by atomic mass is 9.94. The van der Waals surface area contributed by atoms with Crippen LogP contribution in [-0.2, 0) is 0 Å². The molecule has 1 aliphatic carbocycles. The molecule has 0 saturated carbocycles. The van der Waals surface area contributed by atoms with E-state index in [9.17, 15) is 0 Å². The molecule has 0 spiro atoms. The summed E-state index contributed by atoms with van der Waals surface area (Å²) >= 11 is 0. The topological polar surface area (TPSA) is 0 Å². The average Bonchev–Trinajstić information content (AvgIpc) is 2.28. The van der Waals surface area contributed by atoms with Gasteiger partial charge in [-0.2, -0.15) is 0 Å². The number of hydrogen-bond acceptors (Lipinski definition) is 0. The van der Waals surface area contributed by atoms with Crippen LogP contribution in [0.3, 0.4) is 0 Å². The molecule has 0 aromatic heterocycles. The Hall–Kier alpha value is -0.260. The molecule has 0 amide bonds. The Bertz CT molecular complexity index is 165. The van der Waals surface area contributed by atoms with Gasteiger partial charge in [-0.3, -0.25) is 0 Å². The zero-order valence-corrected chi connectivity index (χ0v) is 8.28. The molecule has 0 saturated heterocycles. The second kappa shape index (κ2) is 3.42. The van der Waals surface area contributed by atoms with Gasteiger partial charge in [0.05, 0.1) is 0 Å². The molecule has 1 rings (SSSR count). The van der Waals surface area contributed by atoms with Crippen molar-refractivity contribution in [3.05, 3.63) is 11.1 Å². The van der Waals surface area contributed by atoms with E-state index in [1.165, 1.54) is 19.3 Å². The summed E-state index contributed by atoms with van der Waals surface area (Å²) in [6.07, 6.45) is 3.91. The second-order valence-corrected chi connectivity index (χ2v) is 3.81. The van der Waals surface area contributed by atoms with Crippen LogP contribution < -0.4 is 0 Å². The van der Waals surface area contributed by atoms with E-state index in [4.69, 9.17) is 0 Å². The Labute approximate surface area is 70.7 Å². The lowest BCUT2D eigenvalue weighted by molar-refractivity contribution is 0.472. The molecular weight excluding hydrogens is 132 g/mol. The normalized spacial score (nSPS) is 31.6. The average molecular weight is 152 g/mol. The van der Waals surface area contributed by atoms with Gasteiger partial charge in [0.15, 0.2) is 0 Å². The fourth-order valence-corrected chi connectivity index (χ4v) is 2.31.